The van der Waals surface area contributed by atoms with Crippen LogP contribution in [0.15, 0.2) is 18.2 Å². The third kappa shape index (κ3) is 2.60. The summed E-state index contributed by atoms with van der Waals surface area (Å²) in [5, 5.41) is 6.48. The average molecular weight is 274 g/mol. The van der Waals surface area contributed by atoms with Crippen LogP contribution in [-0.2, 0) is 0 Å². The quantitative estimate of drug-likeness (QED) is 0.871. The fourth-order valence-electron chi connectivity index (χ4n) is 3.15. The molecule has 4 heteroatoms. The highest BCUT2D eigenvalue weighted by Gasteiger charge is 2.30. The van der Waals surface area contributed by atoms with Crippen molar-refractivity contribution < 1.29 is 9.53 Å². The van der Waals surface area contributed by atoms with Crippen molar-refractivity contribution in [2.45, 2.75) is 44.6 Å². The van der Waals surface area contributed by atoms with Crippen molar-refractivity contribution in [2.24, 2.45) is 0 Å². The van der Waals surface area contributed by atoms with Crippen molar-refractivity contribution in [3.63, 3.8) is 0 Å². The molecule has 3 rings (SSSR count). The number of carbonyl (C=O) groups is 1. The van der Waals surface area contributed by atoms with Gasteiger partial charge in [0.2, 0.25) is 0 Å². The SMILES string of the molecule is CC1(NC(=O)c2cccc3c2OCCN3)CCCCC1. The van der Waals surface area contributed by atoms with E-state index in [-0.39, 0.29) is 11.4 Å². The average Bonchev–Trinajstić information content (AvgIpc) is 2.47. The van der Waals surface area contributed by atoms with E-state index in [1.165, 1.54) is 19.3 Å². The first-order valence-corrected chi connectivity index (χ1v) is 7.50. The Morgan fingerprint density at radius 3 is 2.90 bits per heavy atom. The summed E-state index contributed by atoms with van der Waals surface area (Å²) in [5.41, 5.74) is 1.49. The van der Waals surface area contributed by atoms with Gasteiger partial charge >= 0.3 is 0 Å². The molecule has 0 unspecified atom stereocenters. The minimum absolute atomic E-state index is 0.0186. The molecule has 0 saturated heterocycles. The second kappa shape index (κ2) is 5.35. The fourth-order valence-corrected chi connectivity index (χ4v) is 3.15. The Labute approximate surface area is 119 Å². The molecule has 1 aliphatic carbocycles. The second-order valence-electron chi connectivity index (χ2n) is 6.03. The van der Waals surface area contributed by atoms with Gasteiger partial charge in [0, 0.05) is 12.1 Å². The zero-order valence-electron chi connectivity index (χ0n) is 12.0. The summed E-state index contributed by atoms with van der Waals surface area (Å²) >= 11 is 0. The molecular formula is C16H22N2O2. The molecule has 1 aliphatic heterocycles. The molecule has 108 valence electrons. The van der Waals surface area contributed by atoms with Crippen LogP contribution in [0.1, 0.15) is 49.4 Å². The summed E-state index contributed by atoms with van der Waals surface area (Å²) in [6, 6.07) is 5.69. The lowest BCUT2D eigenvalue weighted by atomic mass is 9.83. The predicted octanol–water partition coefficient (Wildman–Crippen LogP) is 2.94. The topological polar surface area (TPSA) is 50.4 Å². The van der Waals surface area contributed by atoms with E-state index in [1.54, 1.807) is 0 Å². The lowest BCUT2D eigenvalue weighted by molar-refractivity contribution is 0.0878. The summed E-state index contributed by atoms with van der Waals surface area (Å²) in [7, 11) is 0. The van der Waals surface area contributed by atoms with E-state index in [0.717, 1.165) is 25.1 Å². The number of anilines is 1. The van der Waals surface area contributed by atoms with E-state index in [0.29, 0.717) is 17.9 Å². The molecule has 4 nitrogen and oxygen atoms in total. The first-order chi connectivity index (χ1) is 9.68. The van der Waals surface area contributed by atoms with Gasteiger partial charge in [0.1, 0.15) is 6.61 Å². The number of amides is 1. The number of fused-ring (bicyclic) bond motifs is 1. The van der Waals surface area contributed by atoms with Gasteiger partial charge in [-0.15, -0.1) is 0 Å². The Bertz CT molecular complexity index is 507. The zero-order chi connectivity index (χ0) is 14.0. The van der Waals surface area contributed by atoms with Crippen LogP contribution in [0.25, 0.3) is 0 Å². The lowest BCUT2D eigenvalue weighted by Gasteiger charge is -2.35. The maximum absolute atomic E-state index is 12.6. The van der Waals surface area contributed by atoms with E-state index >= 15 is 0 Å². The van der Waals surface area contributed by atoms with E-state index in [2.05, 4.69) is 17.6 Å². The van der Waals surface area contributed by atoms with Crippen LogP contribution < -0.4 is 15.4 Å². The van der Waals surface area contributed by atoms with Crippen LogP contribution >= 0.6 is 0 Å². The normalized spacial score (nSPS) is 20.2. The number of para-hydroxylation sites is 1. The third-order valence-electron chi connectivity index (χ3n) is 4.30. The molecule has 1 amide bonds. The van der Waals surface area contributed by atoms with Gasteiger partial charge in [0.05, 0.1) is 11.3 Å². The fraction of sp³-hybridized carbons (Fsp3) is 0.562. The summed E-state index contributed by atoms with van der Waals surface area (Å²) in [6.07, 6.45) is 5.79. The highest BCUT2D eigenvalue weighted by molar-refractivity contribution is 5.99. The highest BCUT2D eigenvalue weighted by Crippen LogP contribution is 2.33. The Balaban J connectivity index is 1.80. The van der Waals surface area contributed by atoms with Crippen LogP contribution in [0.2, 0.25) is 0 Å². The number of carbonyl (C=O) groups excluding carboxylic acids is 1. The molecule has 1 fully saturated rings. The highest BCUT2D eigenvalue weighted by atomic mass is 16.5. The van der Waals surface area contributed by atoms with Crippen molar-refractivity contribution in [1.82, 2.24) is 5.32 Å². The molecule has 0 atom stereocenters. The molecular weight excluding hydrogens is 252 g/mol. The van der Waals surface area contributed by atoms with E-state index in [1.807, 2.05) is 18.2 Å². The Morgan fingerprint density at radius 1 is 1.30 bits per heavy atom. The molecule has 1 heterocycles. The molecule has 1 aromatic carbocycles. The molecule has 0 spiro atoms. The van der Waals surface area contributed by atoms with E-state index in [4.69, 9.17) is 4.74 Å². The van der Waals surface area contributed by atoms with E-state index in [9.17, 15) is 4.79 Å². The van der Waals surface area contributed by atoms with Crippen LogP contribution in [0, 0.1) is 0 Å². The predicted molar refractivity (Wildman–Crippen MR) is 79.4 cm³/mol. The van der Waals surface area contributed by atoms with Crippen LogP contribution in [0.5, 0.6) is 5.75 Å². The summed E-state index contributed by atoms with van der Waals surface area (Å²) in [5.74, 6) is 0.672. The van der Waals surface area contributed by atoms with Gasteiger partial charge in [0.15, 0.2) is 5.75 Å². The number of ether oxygens (including phenoxy) is 1. The molecule has 20 heavy (non-hydrogen) atoms. The molecule has 0 radical (unpaired) electrons. The molecule has 2 aliphatic rings. The van der Waals surface area contributed by atoms with Crippen LogP contribution in [0.4, 0.5) is 5.69 Å². The van der Waals surface area contributed by atoms with Crippen LogP contribution in [-0.4, -0.2) is 24.6 Å². The number of hydrogen-bond donors (Lipinski definition) is 2. The lowest BCUT2D eigenvalue weighted by Crippen LogP contribution is -2.47. The summed E-state index contributed by atoms with van der Waals surface area (Å²) < 4.78 is 5.67. The first-order valence-electron chi connectivity index (χ1n) is 7.50. The monoisotopic (exact) mass is 274 g/mol. The third-order valence-corrected chi connectivity index (χ3v) is 4.30. The molecule has 2 N–H and O–H groups in total. The van der Waals surface area contributed by atoms with Gasteiger partial charge in [0.25, 0.3) is 5.91 Å². The van der Waals surface area contributed by atoms with Crippen molar-refractivity contribution in [3.8, 4) is 5.75 Å². The van der Waals surface area contributed by atoms with Gasteiger partial charge in [-0.05, 0) is 31.9 Å². The Kier molecular flexibility index (Phi) is 3.55. The molecule has 1 saturated carbocycles. The summed E-state index contributed by atoms with van der Waals surface area (Å²) in [4.78, 5) is 12.6. The smallest absolute Gasteiger partial charge is 0.255 e. The minimum Gasteiger partial charge on any atom is -0.489 e. The molecule has 0 aromatic heterocycles. The van der Waals surface area contributed by atoms with E-state index < -0.39 is 0 Å². The number of nitrogens with one attached hydrogen (secondary N) is 2. The Morgan fingerprint density at radius 2 is 2.10 bits per heavy atom. The Hall–Kier alpha value is -1.71. The standard InChI is InChI=1S/C16H22N2O2/c1-16(8-3-2-4-9-16)18-15(19)12-6-5-7-13-14(12)20-11-10-17-13/h5-7,17H,2-4,8-11H2,1H3,(H,18,19). The van der Waals surface area contributed by atoms with Gasteiger partial charge in [-0.2, -0.15) is 0 Å². The number of hydrogen-bond acceptors (Lipinski definition) is 3. The zero-order valence-corrected chi connectivity index (χ0v) is 12.0. The molecule has 0 bridgehead atoms. The minimum atomic E-state index is -0.0693. The second-order valence-corrected chi connectivity index (χ2v) is 6.03. The number of benzene rings is 1. The van der Waals surface area contributed by atoms with Crippen molar-refractivity contribution in [3.05, 3.63) is 23.8 Å². The van der Waals surface area contributed by atoms with Crippen molar-refractivity contribution in [1.29, 1.82) is 0 Å². The van der Waals surface area contributed by atoms with Gasteiger partial charge in [-0.3, -0.25) is 4.79 Å². The molecule has 1 aromatic rings. The number of rotatable bonds is 2. The maximum atomic E-state index is 12.6. The maximum Gasteiger partial charge on any atom is 0.255 e. The summed E-state index contributed by atoms with van der Waals surface area (Å²) in [6.45, 7) is 3.54. The van der Waals surface area contributed by atoms with Crippen LogP contribution in [0.3, 0.4) is 0 Å². The van der Waals surface area contributed by atoms with Gasteiger partial charge < -0.3 is 15.4 Å². The van der Waals surface area contributed by atoms with Crippen molar-refractivity contribution in [2.75, 3.05) is 18.5 Å². The van der Waals surface area contributed by atoms with Crippen molar-refractivity contribution >= 4 is 11.6 Å². The van der Waals surface area contributed by atoms with Gasteiger partial charge in [-0.25, -0.2) is 0 Å². The van der Waals surface area contributed by atoms with Gasteiger partial charge in [-0.1, -0.05) is 25.3 Å². The first kappa shape index (κ1) is 13.3. The largest absolute Gasteiger partial charge is 0.489 e.